The molecule has 0 saturated heterocycles. The van der Waals surface area contributed by atoms with Gasteiger partial charge in [-0.2, -0.15) is 0 Å². The molecule has 1 aromatic rings. The third-order valence-electron chi connectivity index (χ3n) is 3.80. The van der Waals surface area contributed by atoms with Gasteiger partial charge in [-0.15, -0.1) is 0 Å². The Morgan fingerprint density at radius 1 is 1.56 bits per heavy atom. The second-order valence-corrected chi connectivity index (χ2v) is 6.47. The fourth-order valence-electron chi connectivity index (χ4n) is 3.02. The number of hydrogen-bond donors (Lipinski definition) is 2. The number of benzene rings is 1. The molecule has 3 rings (SSSR count). The van der Waals surface area contributed by atoms with E-state index in [9.17, 15) is 0 Å². The minimum absolute atomic E-state index is 0.505. The predicted octanol–water partition coefficient (Wildman–Crippen LogP) is 3.49. The summed E-state index contributed by atoms with van der Waals surface area (Å²) < 4.78 is 1.24. The summed E-state index contributed by atoms with van der Waals surface area (Å²) in [5, 5.41) is 10.4. The molecule has 1 aromatic carbocycles. The molecule has 1 aliphatic heterocycles. The zero-order valence-electron chi connectivity index (χ0n) is 10.3. The molecule has 5 heteroatoms. The molecule has 0 bridgehead atoms. The summed E-state index contributed by atoms with van der Waals surface area (Å²) in [5.41, 5.74) is 7.42. The van der Waals surface area contributed by atoms with E-state index in [2.05, 4.69) is 38.5 Å². The molecule has 96 valence electrons. The lowest BCUT2D eigenvalue weighted by Crippen LogP contribution is -2.39. The van der Waals surface area contributed by atoms with Gasteiger partial charge in [-0.3, -0.25) is 15.8 Å². The lowest BCUT2D eigenvalue weighted by Gasteiger charge is -2.21. The van der Waals surface area contributed by atoms with Gasteiger partial charge in [0.2, 0.25) is 0 Å². The highest BCUT2D eigenvalue weighted by Crippen LogP contribution is 2.46. The van der Waals surface area contributed by atoms with Crippen molar-refractivity contribution >= 4 is 38.5 Å². The van der Waals surface area contributed by atoms with Crippen LogP contribution in [-0.4, -0.2) is 18.0 Å². The van der Waals surface area contributed by atoms with Gasteiger partial charge in [0, 0.05) is 16.9 Å². The molecule has 18 heavy (non-hydrogen) atoms. The van der Waals surface area contributed by atoms with Gasteiger partial charge in [0.05, 0.1) is 5.69 Å². The fourth-order valence-corrected chi connectivity index (χ4v) is 3.76. The van der Waals surface area contributed by atoms with Crippen molar-refractivity contribution in [2.75, 3.05) is 17.8 Å². The quantitative estimate of drug-likeness (QED) is 0.613. The van der Waals surface area contributed by atoms with E-state index in [4.69, 9.17) is 5.41 Å². The average molecular weight is 326 g/mol. The molecule has 1 unspecified atom stereocenters. The zero-order chi connectivity index (χ0) is 12.7. The standard InChI is InChI=1S/C13H16BrN3S/c1-18-13(15)16-17-7-8-3-2-4-9-10(14)5-6-11(17)12(8)9/h5-6,8H,2-4,7H2,1H3,(H2,15,16). The highest BCUT2D eigenvalue weighted by molar-refractivity contribution is 9.10. The number of anilines is 1. The molecule has 3 nitrogen and oxygen atoms in total. The van der Waals surface area contributed by atoms with E-state index >= 15 is 0 Å². The smallest absolute Gasteiger partial charge is 0.172 e. The number of nitrogens with one attached hydrogen (secondary N) is 2. The van der Waals surface area contributed by atoms with Gasteiger partial charge in [0.25, 0.3) is 0 Å². The summed E-state index contributed by atoms with van der Waals surface area (Å²) in [4.78, 5) is 0. The van der Waals surface area contributed by atoms with E-state index in [1.165, 1.54) is 52.3 Å². The van der Waals surface area contributed by atoms with E-state index < -0.39 is 0 Å². The summed E-state index contributed by atoms with van der Waals surface area (Å²) in [6, 6.07) is 4.30. The van der Waals surface area contributed by atoms with Crippen LogP contribution in [0.25, 0.3) is 0 Å². The number of amidine groups is 1. The molecule has 0 spiro atoms. The molecule has 0 amide bonds. The van der Waals surface area contributed by atoms with Crippen molar-refractivity contribution in [1.82, 2.24) is 5.43 Å². The number of rotatable bonds is 1. The lowest BCUT2D eigenvalue weighted by molar-refractivity contribution is 0.567. The first-order chi connectivity index (χ1) is 8.70. The van der Waals surface area contributed by atoms with Crippen molar-refractivity contribution < 1.29 is 0 Å². The highest BCUT2D eigenvalue weighted by Gasteiger charge is 2.34. The minimum atomic E-state index is 0.505. The largest absolute Gasteiger partial charge is 0.285 e. The molecule has 0 fully saturated rings. The van der Waals surface area contributed by atoms with E-state index in [-0.39, 0.29) is 0 Å². The van der Waals surface area contributed by atoms with E-state index in [0.29, 0.717) is 11.1 Å². The maximum absolute atomic E-state index is 7.78. The first kappa shape index (κ1) is 12.4. The number of thioether (sulfide) groups is 1. The van der Waals surface area contributed by atoms with Gasteiger partial charge in [0.15, 0.2) is 5.17 Å². The second kappa shape index (κ2) is 4.78. The van der Waals surface area contributed by atoms with Crippen LogP contribution in [0.3, 0.4) is 0 Å². The van der Waals surface area contributed by atoms with Gasteiger partial charge in [-0.05, 0) is 48.8 Å². The molecule has 0 aromatic heterocycles. The van der Waals surface area contributed by atoms with Crippen LogP contribution in [-0.2, 0) is 6.42 Å². The van der Waals surface area contributed by atoms with Crippen molar-refractivity contribution in [3.63, 3.8) is 0 Å². The van der Waals surface area contributed by atoms with Crippen molar-refractivity contribution in [2.24, 2.45) is 0 Å². The number of halogens is 1. The molecule has 2 N–H and O–H groups in total. The summed E-state index contributed by atoms with van der Waals surface area (Å²) in [5.74, 6) is 0.628. The van der Waals surface area contributed by atoms with E-state index in [1.807, 2.05) is 6.26 Å². The van der Waals surface area contributed by atoms with Gasteiger partial charge < -0.3 is 0 Å². The minimum Gasteiger partial charge on any atom is -0.285 e. The van der Waals surface area contributed by atoms with E-state index in [1.54, 1.807) is 0 Å². The normalized spacial score (nSPS) is 20.8. The zero-order valence-corrected chi connectivity index (χ0v) is 12.7. The van der Waals surface area contributed by atoms with Crippen molar-refractivity contribution in [1.29, 1.82) is 5.41 Å². The Hall–Kier alpha value is -0.680. The Labute approximate surface area is 120 Å². The molecule has 1 heterocycles. The topological polar surface area (TPSA) is 39.1 Å². The average Bonchev–Trinajstić information content (AvgIpc) is 2.73. The molecule has 0 radical (unpaired) electrons. The molecule has 1 atom stereocenters. The fraction of sp³-hybridized carbons (Fsp3) is 0.462. The Kier molecular flexibility index (Phi) is 3.28. The molecule has 1 aliphatic carbocycles. The van der Waals surface area contributed by atoms with Crippen molar-refractivity contribution in [2.45, 2.75) is 25.2 Å². The van der Waals surface area contributed by atoms with Crippen molar-refractivity contribution in [3.8, 4) is 0 Å². The van der Waals surface area contributed by atoms with Crippen LogP contribution >= 0.6 is 27.7 Å². The van der Waals surface area contributed by atoms with E-state index in [0.717, 1.165) is 6.54 Å². The highest BCUT2D eigenvalue weighted by atomic mass is 79.9. The van der Waals surface area contributed by atoms with Crippen LogP contribution in [0.5, 0.6) is 0 Å². The Balaban J connectivity index is 1.99. The van der Waals surface area contributed by atoms with Crippen LogP contribution < -0.4 is 10.4 Å². The lowest BCUT2D eigenvalue weighted by atomic mass is 9.84. The summed E-state index contributed by atoms with van der Waals surface area (Å²) in [7, 11) is 0. The van der Waals surface area contributed by atoms with Crippen molar-refractivity contribution in [3.05, 3.63) is 27.7 Å². The summed E-state index contributed by atoms with van der Waals surface area (Å²) >= 11 is 5.11. The maximum Gasteiger partial charge on any atom is 0.172 e. The van der Waals surface area contributed by atoms with Gasteiger partial charge >= 0.3 is 0 Å². The monoisotopic (exact) mass is 325 g/mol. The molecule has 2 aliphatic rings. The Bertz CT molecular complexity index is 503. The van der Waals surface area contributed by atoms with Gasteiger partial charge in [-0.25, -0.2) is 0 Å². The number of nitrogens with zero attached hydrogens (tertiary/aromatic N) is 1. The third kappa shape index (κ3) is 1.93. The molecular formula is C13H16BrN3S. The van der Waals surface area contributed by atoms with Crippen LogP contribution in [0, 0.1) is 5.41 Å². The van der Waals surface area contributed by atoms with Crippen LogP contribution in [0.4, 0.5) is 5.69 Å². The number of hydrazine groups is 1. The molecular weight excluding hydrogens is 310 g/mol. The first-order valence-corrected chi connectivity index (χ1v) is 8.20. The van der Waals surface area contributed by atoms with Gasteiger partial charge in [0.1, 0.15) is 0 Å². The van der Waals surface area contributed by atoms with Crippen LogP contribution in [0.15, 0.2) is 16.6 Å². The Morgan fingerprint density at radius 3 is 3.17 bits per heavy atom. The number of hydrogen-bond acceptors (Lipinski definition) is 3. The van der Waals surface area contributed by atoms with Crippen LogP contribution in [0.2, 0.25) is 0 Å². The maximum atomic E-state index is 7.78. The van der Waals surface area contributed by atoms with Gasteiger partial charge in [-0.1, -0.05) is 27.7 Å². The first-order valence-electron chi connectivity index (χ1n) is 6.18. The Morgan fingerprint density at radius 2 is 2.39 bits per heavy atom. The predicted molar refractivity (Wildman–Crippen MR) is 81.5 cm³/mol. The van der Waals surface area contributed by atoms with Crippen LogP contribution in [0.1, 0.15) is 29.9 Å². The second-order valence-electron chi connectivity index (χ2n) is 4.80. The summed E-state index contributed by atoms with van der Waals surface area (Å²) in [6.45, 7) is 0.988. The third-order valence-corrected chi connectivity index (χ3v) is 5.04. The SMILES string of the molecule is CSC(=N)NN1CC2CCCc3c(Br)ccc1c32. The molecule has 0 saturated carbocycles. The summed E-state index contributed by atoms with van der Waals surface area (Å²) in [6.07, 6.45) is 5.64.